The molecule has 0 saturated carbocycles. The number of anilines is 1. The topological polar surface area (TPSA) is 124 Å². The molecule has 0 aliphatic rings. The van der Waals surface area contributed by atoms with Gasteiger partial charge >= 0.3 is 5.69 Å². The van der Waals surface area contributed by atoms with Crippen LogP contribution in [0.15, 0.2) is 16.9 Å². The van der Waals surface area contributed by atoms with Gasteiger partial charge in [0.1, 0.15) is 11.9 Å². The van der Waals surface area contributed by atoms with E-state index in [2.05, 4.69) is 15.4 Å². The fraction of sp³-hybridized carbons (Fsp3) is 0. The fourth-order valence-electron chi connectivity index (χ4n) is 1.02. The molecule has 0 amide bonds. The van der Waals surface area contributed by atoms with Crippen molar-refractivity contribution < 1.29 is 9.45 Å². The molecule has 0 spiro atoms. The first-order valence-electron chi connectivity index (χ1n) is 3.58. The number of nitrogens with one attached hydrogen (secondary N) is 1. The molecular formula is C6H5N5O3. The lowest BCUT2D eigenvalue weighted by Crippen LogP contribution is -1.90. The second-order valence-electron chi connectivity index (χ2n) is 2.50. The third-order valence-electron chi connectivity index (χ3n) is 1.64. The average molecular weight is 195 g/mol. The monoisotopic (exact) mass is 195 g/mol. The highest BCUT2D eigenvalue weighted by molar-refractivity contribution is 5.73. The van der Waals surface area contributed by atoms with Crippen LogP contribution in [-0.2, 0) is 0 Å². The normalized spacial score (nSPS) is 10.3. The van der Waals surface area contributed by atoms with Crippen molar-refractivity contribution in [3.05, 3.63) is 22.5 Å². The summed E-state index contributed by atoms with van der Waals surface area (Å²) >= 11 is 0. The minimum Gasteiger partial charge on any atom is -0.394 e. The van der Waals surface area contributed by atoms with Gasteiger partial charge in [0, 0.05) is 0 Å². The van der Waals surface area contributed by atoms with E-state index < -0.39 is 4.92 Å². The Morgan fingerprint density at radius 1 is 1.57 bits per heavy atom. The van der Waals surface area contributed by atoms with E-state index in [0.29, 0.717) is 0 Å². The fourth-order valence-corrected chi connectivity index (χ4v) is 1.02. The van der Waals surface area contributed by atoms with Crippen LogP contribution in [0.3, 0.4) is 0 Å². The summed E-state index contributed by atoms with van der Waals surface area (Å²) in [6.45, 7) is 0. The Morgan fingerprint density at radius 3 is 2.93 bits per heavy atom. The summed E-state index contributed by atoms with van der Waals surface area (Å²) in [5.74, 6) is 0.120. The molecule has 0 fully saturated rings. The van der Waals surface area contributed by atoms with Gasteiger partial charge in [0.15, 0.2) is 5.69 Å². The van der Waals surface area contributed by atoms with Crippen LogP contribution in [-0.4, -0.2) is 20.3 Å². The summed E-state index contributed by atoms with van der Waals surface area (Å²) in [4.78, 5) is 9.95. The van der Waals surface area contributed by atoms with Gasteiger partial charge in [-0.15, -0.1) is 0 Å². The molecule has 2 heterocycles. The Morgan fingerprint density at radius 2 is 2.36 bits per heavy atom. The van der Waals surface area contributed by atoms with Crippen molar-refractivity contribution in [2.45, 2.75) is 0 Å². The van der Waals surface area contributed by atoms with E-state index in [1.165, 1.54) is 6.20 Å². The molecule has 0 atom stereocenters. The number of nitro groups is 1. The number of nitrogen functional groups attached to an aromatic ring is 1. The third kappa shape index (κ3) is 1.09. The van der Waals surface area contributed by atoms with E-state index in [9.17, 15) is 10.1 Å². The molecule has 0 aliphatic heterocycles. The number of hydrogen-bond acceptors (Lipinski definition) is 6. The lowest BCUT2D eigenvalue weighted by Gasteiger charge is -1.91. The lowest BCUT2D eigenvalue weighted by atomic mass is 10.3. The molecule has 2 rings (SSSR count). The van der Waals surface area contributed by atoms with E-state index in [0.717, 1.165) is 6.20 Å². The van der Waals surface area contributed by atoms with Gasteiger partial charge in [0.05, 0.1) is 11.1 Å². The predicted molar refractivity (Wildman–Crippen MR) is 45.2 cm³/mol. The second kappa shape index (κ2) is 2.83. The molecule has 0 bridgehead atoms. The summed E-state index contributed by atoms with van der Waals surface area (Å²) in [7, 11) is 0. The molecule has 2 aromatic heterocycles. The zero-order valence-corrected chi connectivity index (χ0v) is 6.80. The van der Waals surface area contributed by atoms with Crippen molar-refractivity contribution in [3.63, 3.8) is 0 Å². The maximum Gasteiger partial charge on any atom is 0.318 e. The van der Waals surface area contributed by atoms with Crippen LogP contribution < -0.4 is 5.73 Å². The van der Waals surface area contributed by atoms with Gasteiger partial charge in [-0.1, -0.05) is 5.16 Å². The third-order valence-corrected chi connectivity index (χ3v) is 1.64. The molecule has 8 heteroatoms. The van der Waals surface area contributed by atoms with E-state index in [-0.39, 0.29) is 22.8 Å². The van der Waals surface area contributed by atoms with Gasteiger partial charge in [0.25, 0.3) is 0 Å². The first-order valence-corrected chi connectivity index (χ1v) is 3.58. The van der Waals surface area contributed by atoms with Crippen LogP contribution in [0.1, 0.15) is 0 Å². The summed E-state index contributed by atoms with van der Waals surface area (Å²) in [6, 6.07) is 0. The molecule has 3 N–H and O–H groups in total. The van der Waals surface area contributed by atoms with Gasteiger partial charge in [-0.05, 0) is 0 Å². The molecule has 2 aromatic rings. The summed E-state index contributed by atoms with van der Waals surface area (Å²) < 4.78 is 4.75. The van der Waals surface area contributed by atoms with Crippen molar-refractivity contribution in [1.82, 2.24) is 15.4 Å². The average Bonchev–Trinajstić information content (AvgIpc) is 2.70. The minimum absolute atomic E-state index is 0.116. The summed E-state index contributed by atoms with van der Waals surface area (Å²) in [5.41, 5.74) is 5.61. The quantitative estimate of drug-likeness (QED) is 0.532. The van der Waals surface area contributed by atoms with Gasteiger partial charge < -0.3 is 10.3 Å². The maximum atomic E-state index is 10.5. The molecule has 0 saturated heterocycles. The SMILES string of the molecule is Nc1cnoc1-c1[nH]ncc1[N+](=O)[O-]. The zero-order valence-electron chi connectivity index (χ0n) is 6.80. The van der Waals surface area contributed by atoms with Crippen molar-refractivity contribution in [3.8, 4) is 11.5 Å². The number of aromatic nitrogens is 3. The smallest absolute Gasteiger partial charge is 0.318 e. The first kappa shape index (κ1) is 8.23. The largest absolute Gasteiger partial charge is 0.394 e. The predicted octanol–water partition coefficient (Wildman–Crippen LogP) is 0.555. The molecule has 72 valence electrons. The molecule has 0 aromatic carbocycles. The van der Waals surface area contributed by atoms with Crippen molar-refractivity contribution in [2.24, 2.45) is 0 Å². The molecule has 8 nitrogen and oxygen atoms in total. The number of aromatic amines is 1. The van der Waals surface area contributed by atoms with Crippen molar-refractivity contribution in [1.29, 1.82) is 0 Å². The molecule has 0 aliphatic carbocycles. The van der Waals surface area contributed by atoms with Crippen LogP contribution in [0, 0.1) is 10.1 Å². The molecule has 0 radical (unpaired) electrons. The first-order chi connectivity index (χ1) is 6.70. The standard InChI is InChI=1S/C6H5N5O3/c7-3-1-9-14-6(3)5-4(11(12)13)2-8-10-5/h1-2H,7H2,(H,8,10). The number of rotatable bonds is 2. The Hall–Kier alpha value is -2.38. The van der Waals surface area contributed by atoms with Crippen molar-refractivity contribution >= 4 is 11.4 Å². The van der Waals surface area contributed by atoms with E-state index in [1.54, 1.807) is 0 Å². The van der Waals surface area contributed by atoms with Crippen molar-refractivity contribution in [2.75, 3.05) is 5.73 Å². The van der Waals surface area contributed by atoms with Crippen LogP contribution in [0.4, 0.5) is 11.4 Å². The van der Waals surface area contributed by atoms with Crippen LogP contribution in [0.25, 0.3) is 11.5 Å². The van der Waals surface area contributed by atoms with E-state index >= 15 is 0 Å². The Kier molecular flexibility index (Phi) is 1.67. The van der Waals surface area contributed by atoms with E-state index in [1.807, 2.05) is 0 Å². The second-order valence-corrected chi connectivity index (χ2v) is 2.50. The minimum atomic E-state index is -0.583. The molecule has 0 unspecified atom stereocenters. The lowest BCUT2D eigenvalue weighted by molar-refractivity contribution is -0.384. The summed E-state index contributed by atoms with van der Waals surface area (Å²) in [5, 5.41) is 19.9. The van der Waals surface area contributed by atoms with Gasteiger partial charge in [-0.3, -0.25) is 15.2 Å². The Labute approximate surface area is 76.8 Å². The van der Waals surface area contributed by atoms with Gasteiger partial charge in [0.2, 0.25) is 5.76 Å². The van der Waals surface area contributed by atoms with Crippen LogP contribution >= 0.6 is 0 Å². The van der Waals surface area contributed by atoms with Crippen LogP contribution in [0.2, 0.25) is 0 Å². The number of nitrogens with two attached hydrogens (primary N) is 1. The highest BCUT2D eigenvalue weighted by Gasteiger charge is 2.22. The summed E-state index contributed by atoms with van der Waals surface area (Å²) in [6.07, 6.45) is 2.34. The highest BCUT2D eigenvalue weighted by atomic mass is 16.6. The van der Waals surface area contributed by atoms with Crippen LogP contribution in [0.5, 0.6) is 0 Å². The molecule has 14 heavy (non-hydrogen) atoms. The van der Waals surface area contributed by atoms with Gasteiger partial charge in [-0.2, -0.15) is 5.10 Å². The Balaban J connectivity index is 2.57. The maximum absolute atomic E-state index is 10.5. The zero-order chi connectivity index (χ0) is 10.1. The number of H-pyrrole nitrogens is 1. The molecular weight excluding hydrogens is 190 g/mol. The highest BCUT2D eigenvalue weighted by Crippen LogP contribution is 2.30. The Bertz CT molecular complexity index is 473. The number of nitrogens with zero attached hydrogens (tertiary/aromatic N) is 3. The number of hydrogen-bond donors (Lipinski definition) is 2. The van der Waals surface area contributed by atoms with Gasteiger partial charge in [-0.25, -0.2) is 0 Å². The van der Waals surface area contributed by atoms with E-state index in [4.69, 9.17) is 10.3 Å².